The maximum atomic E-state index is 12.3. The Labute approximate surface area is 166 Å². The van der Waals surface area contributed by atoms with Crippen molar-refractivity contribution >= 4 is 5.91 Å². The van der Waals surface area contributed by atoms with Crippen LogP contribution < -0.4 is 10.1 Å². The summed E-state index contributed by atoms with van der Waals surface area (Å²) in [6.45, 7) is 7.45. The lowest BCUT2D eigenvalue weighted by atomic mass is 10.1. The van der Waals surface area contributed by atoms with E-state index in [2.05, 4.69) is 10.2 Å². The highest BCUT2D eigenvalue weighted by molar-refractivity contribution is 5.91. The normalized spacial score (nSPS) is 17.5. The Kier molecular flexibility index (Phi) is 7.12. The summed E-state index contributed by atoms with van der Waals surface area (Å²) in [5, 5.41) is 12.6. The third-order valence-corrected chi connectivity index (χ3v) is 5.08. The fraction of sp³-hybridized carbons (Fsp3) is 0.500. The molecule has 0 spiro atoms. The van der Waals surface area contributed by atoms with Gasteiger partial charge in [-0.1, -0.05) is 17.7 Å². The van der Waals surface area contributed by atoms with Crippen LogP contribution in [0.15, 0.2) is 34.7 Å². The fourth-order valence-corrected chi connectivity index (χ4v) is 3.40. The maximum Gasteiger partial charge on any atom is 0.287 e. The first-order chi connectivity index (χ1) is 13.5. The third kappa shape index (κ3) is 5.84. The summed E-state index contributed by atoms with van der Waals surface area (Å²) < 4.78 is 11.4. The number of aliphatic hydroxyl groups is 1. The van der Waals surface area contributed by atoms with Crippen molar-refractivity contribution in [2.75, 3.05) is 26.2 Å². The molecule has 6 heteroatoms. The van der Waals surface area contributed by atoms with Crippen molar-refractivity contribution < 1.29 is 19.1 Å². The Morgan fingerprint density at radius 2 is 2.11 bits per heavy atom. The van der Waals surface area contributed by atoms with E-state index in [1.807, 2.05) is 38.1 Å². The number of carbonyl (C=O) groups is 1. The molecule has 2 heterocycles. The van der Waals surface area contributed by atoms with Crippen LogP contribution in [0.2, 0.25) is 0 Å². The summed E-state index contributed by atoms with van der Waals surface area (Å²) in [6, 6.07) is 9.61. The van der Waals surface area contributed by atoms with Crippen molar-refractivity contribution in [3.05, 3.63) is 53.0 Å². The second-order valence-electron chi connectivity index (χ2n) is 7.50. The van der Waals surface area contributed by atoms with Gasteiger partial charge in [-0.2, -0.15) is 0 Å². The number of rotatable bonds is 8. The van der Waals surface area contributed by atoms with Crippen LogP contribution in [0.5, 0.6) is 5.75 Å². The van der Waals surface area contributed by atoms with E-state index in [0.29, 0.717) is 24.7 Å². The summed E-state index contributed by atoms with van der Waals surface area (Å²) in [7, 11) is 0. The molecular formula is C22H30N2O4. The Balaban J connectivity index is 1.42. The van der Waals surface area contributed by atoms with E-state index in [4.69, 9.17) is 9.15 Å². The van der Waals surface area contributed by atoms with Gasteiger partial charge in [0.05, 0.1) is 6.10 Å². The highest BCUT2D eigenvalue weighted by atomic mass is 16.5. The minimum absolute atomic E-state index is 0.205. The zero-order valence-electron chi connectivity index (χ0n) is 16.7. The molecule has 1 atom stereocenters. The van der Waals surface area contributed by atoms with Crippen LogP contribution in [0.3, 0.4) is 0 Å². The van der Waals surface area contributed by atoms with Crippen molar-refractivity contribution in [2.45, 2.75) is 45.8 Å². The zero-order chi connectivity index (χ0) is 19.9. The standard InChI is InChI=1S/C22H30N2O4/c1-16-6-8-20(9-7-16)27-15-18-13-21(28-17(18)2)22(26)23-10-4-12-24-11-3-5-19(25)14-24/h6-9,13,19,25H,3-5,10-12,14-15H2,1-2H3,(H,23,26). The van der Waals surface area contributed by atoms with Gasteiger partial charge in [-0.25, -0.2) is 0 Å². The smallest absolute Gasteiger partial charge is 0.287 e. The van der Waals surface area contributed by atoms with Crippen LogP contribution >= 0.6 is 0 Å². The van der Waals surface area contributed by atoms with Crippen LogP contribution in [-0.2, 0) is 6.61 Å². The van der Waals surface area contributed by atoms with Crippen molar-refractivity contribution in [3.8, 4) is 5.75 Å². The maximum absolute atomic E-state index is 12.3. The number of likely N-dealkylation sites (tertiary alicyclic amines) is 1. The fourth-order valence-electron chi connectivity index (χ4n) is 3.40. The number of amides is 1. The quantitative estimate of drug-likeness (QED) is 0.682. The largest absolute Gasteiger partial charge is 0.489 e. The van der Waals surface area contributed by atoms with Crippen LogP contribution in [-0.4, -0.2) is 48.2 Å². The molecule has 0 saturated carbocycles. The second-order valence-corrected chi connectivity index (χ2v) is 7.50. The number of hydrogen-bond donors (Lipinski definition) is 2. The van der Waals surface area contributed by atoms with Gasteiger partial charge in [-0.15, -0.1) is 0 Å². The first-order valence-electron chi connectivity index (χ1n) is 9.98. The lowest BCUT2D eigenvalue weighted by Gasteiger charge is -2.29. The Morgan fingerprint density at radius 3 is 2.86 bits per heavy atom. The van der Waals surface area contributed by atoms with E-state index >= 15 is 0 Å². The second kappa shape index (κ2) is 9.75. The topological polar surface area (TPSA) is 74.9 Å². The molecule has 1 saturated heterocycles. The number of nitrogens with zero attached hydrogens (tertiary/aromatic N) is 1. The average Bonchev–Trinajstić information content (AvgIpc) is 3.05. The highest BCUT2D eigenvalue weighted by Crippen LogP contribution is 2.19. The molecule has 1 unspecified atom stereocenters. The summed E-state index contributed by atoms with van der Waals surface area (Å²) in [6.07, 6.45) is 2.56. The first kappa shape index (κ1) is 20.4. The molecule has 0 radical (unpaired) electrons. The number of carbonyl (C=O) groups excluding carboxylic acids is 1. The van der Waals surface area contributed by atoms with Crippen molar-refractivity contribution in [1.29, 1.82) is 0 Å². The lowest BCUT2D eigenvalue weighted by molar-refractivity contribution is 0.0696. The molecule has 0 aliphatic carbocycles. The van der Waals surface area contributed by atoms with Crippen molar-refractivity contribution in [2.24, 2.45) is 0 Å². The average molecular weight is 386 g/mol. The number of furan rings is 1. The molecule has 28 heavy (non-hydrogen) atoms. The van der Waals surface area contributed by atoms with Crippen LogP contribution in [0.1, 0.15) is 46.7 Å². The van der Waals surface area contributed by atoms with Crippen LogP contribution in [0, 0.1) is 13.8 Å². The molecule has 1 aliphatic rings. The summed E-state index contributed by atoms with van der Waals surface area (Å²) >= 11 is 0. The minimum atomic E-state index is -0.213. The number of aliphatic hydroxyl groups excluding tert-OH is 1. The summed E-state index contributed by atoms with van der Waals surface area (Å²) in [4.78, 5) is 14.6. The van der Waals surface area contributed by atoms with Crippen molar-refractivity contribution in [1.82, 2.24) is 10.2 Å². The number of piperidine rings is 1. The Bertz CT molecular complexity index is 769. The molecule has 0 bridgehead atoms. The van der Waals surface area contributed by atoms with E-state index in [9.17, 15) is 9.90 Å². The van der Waals surface area contributed by atoms with Crippen LogP contribution in [0.25, 0.3) is 0 Å². The van der Waals surface area contributed by atoms with Gasteiger partial charge >= 0.3 is 0 Å². The van der Waals surface area contributed by atoms with E-state index < -0.39 is 0 Å². The molecular weight excluding hydrogens is 356 g/mol. The number of aryl methyl sites for hydroxylation is 2. The number of nitrogens with one attached hydrogen (secondary N) is 1. The molecule has 6 nitrogen and oxygen atoms in total. The minimum Gasteiger partial charge on any atom is -0.489 e. The molecule has 2 N–H and O–H groups in total. The van der Waals surface area contributed by atoms with E-state index in [1.54, 1.807) is 6.07 Å². The van der Waals surface area contributed by atoms with Gasteiger partial charge in [0.15, 0.2) is 5.76 Å². The molecule has 1 fully saturated rings. The molecule has 2 aromatic rings. The number of hydrogen-bond acceptors (Lipinski definition) is 5. The number of benzene rings is 1. The molecule has 1 aromatic heterocycles. The van der Waals surface area contributed by atoms with E-state index in [1.165, 1.54) is 5.56 Å². The lowest BCUT2D eigenvalue weighted by Crippen LogP contribution is -2.39. The number of β-amino-alcohol motifs (C(OH)–C–C–N with tert-alkyl or cyclic N) is 1. The summed E-state index contributed by atoms with van der Waals surface area (Å²) in [5.41, 5.74) is 2.05. The van der Waals surface area contributed by atoms with Gasteiger partial charge in [0.25, 0.3) is 5.91 Å². The van der Waals surface area contributed by atoms with Gasteiger partial charge in [0, 0.05) is 18.7 Å². The predicted octanol–water partition coefficient (Wildman–Crippen LogP) is 3.05. The number of ether oxygens (including phenoxy) is 1. The predicted molar refractivity (Wildman–Crippen MR) is 108 cm³/mol. The Hall–Kier alpha value is -2.31. The summed E-state index contributed by atoms with van der Waals surface area (Å²) in [5.74, 6) is 1.59. The highest BCUT2D eigenvalue weighted by Gasteiger charge is 2.18. The van der Waals surface area contributed by atoms with Gasteiger partial charge < -0.3 is 24.5 Å². The van der Waals surface area contributed by atoms with E-state index in [-0.39, 0.29) is 12.0 Å². The molecule has 152 valence electrons. The van der Waals surface area contributed by atoms with Crippen LogP contribution in [0.4, 0.5) is 0 Å². The SMILES string of the molecule is Cc1ccc(OCc2cc(C(=O)NCCCN3CCCC(O)C3)oc2C)cc1. The zero-order valence-corrected chi connectivity index (χ0v) is 16.7. The monoisotopic (exact) mass is 386 g/mol. The van der Waals surface area contributed by atoms with Gasteiger partial charge in [0.2, 0.25) is 0 Å². The molecule has 1 amide bonds. The molecule has 1 aliphatic heterocycles. The van der Waals surface area contributed by atoms with E-state index in [0.717, 1.165) is 50.2 Å². The molecule has 1 aromatic carbocycles. The van der Waals surface area contributed by atoms with Gasteiger partial charge in [-0.05, 0) is 64.4 Å². The third-order valence-electron chi connectivity index (χ3n) is 5.08. The Morgan fingerprint density at radius 1 is 1.32 bits per heavy atom. The molecule has 3 rings (SSSR count). The van der Waals surface area contributed by atoms with Crippen molar-refractivity contribution in [3.63, 3.8) is 0 Å². The van der Waals surface area contributed by atoms with Gasteiger partial charge in [-0.3, -0.25) is 4.79 Å². The van der Waals surface area contributed by atoms with Gasteiger partial charge in [0.1, 0.15) is 18.1 Å². The first-order valence-corrected chi connectivity index (χ1v) is 9.98.